The molecule has 6 rings (SSSR count). The second kappa shape index (κ2) is 11.4. The Labute approximate surface area is 221 Å². The quantitative estimate of drug-likeness (QED) is 0.282. The van der Waals surface area contributed by atoms with Gasteiger partial charge in [0.05, 0.1) is 38.5 Å². The highest BCUT2D eigenvalue weighted by atomic mass is 19.1. The maximum atomic E-state index is 14.7. The molecule has 38 heavy (non-hydrogen) atoms. The molecule has 1 atom stereocenters. The number of aromatic nitrogens is 2. The highest BCUT2D eigenvalue weighted by Gasteiger charge is 2.47. The smallest absolute Gasteiger partial charge is 0.415 e. The molecule has 4 heterocycles. The van der Waals surface area contributed by atoms with Crippen molar-refractivity contribution in [3.05, 3.63) is 83.7 Å². The van der Waals surface area contributed by atoms with Crippen LogP contribution >= 0.6 is 0 Å². The van der Waals surface area contributed by atoms with Crippen LogP contribution < -0.4 is 9.64 Å². The van der Waals surface area contributed by atoms with Crippen LogP contribution in [0.1, 0.15) is 30.5 Å². The molecule has 9 heteroatoms. The summed E-state index contributed by atoms with van der Waals surface area (Å²) < 4.78 is 40.9. The van der Waals surface area contributed by atoms with Crippen molar-refractivity contribution in [2.45, 2.75) is 38.8 Å². The van der Waals surface area contributed by atoms with Crippen LogP contribution in [0.15, 0.2) is 60.8 Å². The number of amides is 1. The summed E-state index contributed by atoms with van der Waals surface area (Å²) in [5.41, 5.74) is 1.69. The Morgan fingerprint density at radius 1 is 1.08 bits per heavy atom. The second-order valence-electron chi connectivity index (χ2n) is 10.3. The van der Waals surface area contributed by atoms with E-state index in [-0.39, 0.29) is 24.2 Å². The van der Waals surface area contributed by atoms with Crippen molar-refractivity contribution >= 4 is 11.8 Å². The van der Waals surface area contributed by atoms with Gasteiger partial charge in [0, 0.05) is 37.1 Å². The lowest BCUT2D eigenvalue weighted by Gasteiger charge is -2.52. The lowest BCUT2D eigenvalue weighted by molar-refractivity contribution is -0.946. The van der Waals surface area contributed by atoms with Gasteiger partial charge in [-0.25, -0.2) is 23.5 Å². The Kier molecular flexibility index (Phi) is 7.83. The summed E-state index contributed by atoms with van der Waals surface area (Å²) in [5, 5.41) is 0. The van der Waals surface area contributed by atoms with Crippen LogP contribution in [-0.2, 0) is 11.3 Å². The first kappa shape index (κ1) is 26.0. The van der Waals surface area contributed by atoms with Crippen LogP contribution in [-0.4, -0.2) is 59.4 Å². The van der Waals surface area contributed by atoms with Crippen molar-refractivity contribution in [3.8, 4) is 6.01 Å². The third-order valence-corrected chi connectivity index (χ3v) is 7.69. The van der Waals surface area contributed by atoms with Crippen LogP contribution in [0.25, 0.3) is 0 Å². The van der Waals surface area contributed by atoms with E-state index in [9.17, 15) is 13.6 Å². The van der Waals surface area contributed by atoms with Crippen LogP contribution in [0, 0.1) is 24.5 Å². The Balaban J connectivity index is 1.23. The normalized spacial score (nSPS) is 22.2. The fourth-order valence-corrected chi connectivity index (χ4v) is 5.61. The lowest BCUT2D eigenvalue weighted by atomic mass is 9.83. The molecule has 0 unspecified atom stereocenters. The summed E-state index contributed by atoms with van der Waals surface area (Å²) in [7, 11) is 0. The molecule has 3 saturated heterocycles. The van der Waals surface area contributed by atoms with Gasteiger partial charge in [-0.1, -0.05) is 24.3 Å². The molecule has 3 fully saturated rings. The van der Waals surface area contributed by atoms with E-state index in [0.29, 0.717) is 24.1 Å². The number of carbonyl (C=O) groups excluding carboxylic acids is 1. The molecule has 0 aliphatic carbocycles. The fourth-order valence-electron chi connectivity index (χ4n) is 5.61. The van der Waals surface area contributed by atoms with Crippen LogP contribution in [0.5, 0.6) is 6.01 Å². The Bertz CT molecular complexity index is 1250. The van der Waals surface area contributed by atoms with E-state index in [4.69, 9.17) is 9.47 Å². The standard InChI is InChI=1S/C29H33F2N4O3/c1-21-11-14-32-28(33-21)37-18-4-15-35-16-12-23(13-17-35)27(20-35)38-29(36)34(26-6-3-2-5-25(26)31)19-22-7-9-24(30)10-8-22/h2-3,5-11,14,23,27H,4,12-13,15-20H2,1H3/q+1/t23?,27-,35?/m0/s1. The Hall–Kier alpha value is -3.59. The first-order chi connectivity index (χ1) is 18.4. The predicted molar refractivity (Wildman–Crippen MR) is 139 cm³/mol. The van der Waals surface area contributed by atoms with Gasteiger partial charge in [0.2, 0.25) is 0 Å². The maximum absolute atomic E-state index is 14.7. The monoisotopic (exact) mass is 523 g/mol. The minimum atomic E-state index is -0.587. The zero-order chi connectivity index (χ0) is 26.5. The van der Waals surface area contributed by atoms with Crippen molar-refractivity contribution in [2.24, 2.45) is 5.92 Å². The molecule has 0 N–H and O–H groups in total. The van der Waals surface area contributed by atoms with Gasteiger partial charge in [-0.3, -0.25) is 4.90 Å². The van der Waals surface area contributed by atoms with Crippen molar-refractivity contribution < 1.29 is 27.5 Å². The van der Waals surface area contributed by atoms with Gasteiger partial charge in [-0.05, 0) is 42.8 Å². The van der Waals surface area contributed by atoms with E-state index >= 15 is 0 Å². The van der Waals surface area contributed by atoms with Crippen LogP contribution in [0.4, 0.5) is 19.3 Å². The lowest BCUT2D eigenvalue weighted by Crippen LogP contribution is -2.65. The average Bonchev–Trinajstić information content (AvgIpc) is 2.92. The molecule has 0 spiro atoms. The molecule has 0 radical (unpaired) electrons. The van der Waals surface area contributed by atoms with Crippen molar-refractivity contribution in [1.82, 2.24) is 9.97 Å². The number of para-hydroxylation sites is 1. The molecule has 3 aromatic rings. The number of aryl methyl sites for hydroxylation is 1. The Morgan fingerprint density at radius 3 is 2.58 bits per heavy atom. The van der Waals surface area contributed by atoms with Crippen molar-refractivity contribution in [1.29, 1.82) is 0 Å². The largest absolute Gasteiger partial charge is 0.463 e. The number of carbonyl (C=O) groups is 1. The molecule has 3 aliphatic rings. The van der Waals surface area contributed by atoms with Crippen LogP contribution in [0.3, 0.4) is 0 Å². The van der Waals surface area contributed by atoms with Gasteiger partial charge in [0.25, 0.3) is 0 Å². The van der Waals surface area contributed by atoms with E-state index < -0.39 is 11.9 Å². The van der Waals surface area contributed by atoms with Gasteiger partial charge in [-0.15, -0.1) is 0 Å². The number of ether oxygens (including phenoxy) is 2. The minimum Gasteiger partial charge on any atom is -0.463 e. The van der Waals surface area contributed by atoms with E-state index in [2.05, 4.69) is 9.97 Å². The van der Waals surface area contributed by atoms with Crippen molar-refractivity contribution in [3.63, 3.8) is 0 Å². The SMILES string of the molecule is Cc1ccnc(OCCC[N+]23CCC(CC2)[C@@H](OC(=O)N(Cc2ccc(F)cc2)c2ccccc2F)C3)n1. The molecule has 0 saturated carbocycles. The predicted octanol–water partition coefficient (Wildman–Crippen LogP) is 5.28. The average molecular weight is 524 g/mol. The number of rotatable bonds is 9. The number of nitrogens with zero attached hydrogens (tertiary/aromatic N) is 4. The molecule has 1 amide bonds. The number of benzene rings is 2. The first-order valence-corrected chi connectivity index (χ1v) is 13.2. The van der Waals surface area contributed by atoms with Gasteiger partial charge in [0.15, 0.2) is 6.10 Å². The number of hydrogen-bond acceptors (Lipinski definition) is 5. The van der Waals surface area contributed by atoms with Gasteiger partial charge >= 0.3 is 12.1 Å². The Morgan fingerprint density at radius 2 is 1.84 bits per heavy atom. The molecule has 200 valence electrons. The van der Waals surface area contributed by atoms with E-state index in [1.54, 1.807) is 36.5 Å². The zero-order valence-corrected chi connectivity index (χ0v) is 21.6. The van der Waals surface area contributed by atoms with Crippen LogP contribution in [0.2, 0.25) is 0 Å². The van der Waals surface area contributed by atoms with E-state index in [1.807, 2.05) is 13.0 Å². The van der Waals surface area contributed by atoms with Crippen molar-refractivity contribution in [2.75, 3.05) is 37.7 Å². The fraction of sp³-hybridized carbons (Fsp3) is 0.414. The highest BCUT2D eigenvalue weighted by Crippen LogP contribution is 2.36. The second-order valence-corrected chi connectivity index (χ2v) is 10.3. The van der Waals surface area contributed by atoms with E-state index in [0.717, 1.165) is 55.6 Å². The number of quaternary nitrogens is 1. The van der Waals surface area contributed by atoms with E-state index in [1.165, 1.54) is 23.1 Å². The summed E-state index contributed by atoms with van der Waals surface area (Å²) in [4.78, 5) is 23.2. The third-order valence-electron chi connectivity index (χ3n) is 7.69. The van der Waals surface area contributed by atoms with Gasteiger partial charge < -0.3 is 14.0 Å². The van der Waals surface area contributed by atoms with Gasteiger partial charge in [0.1, 0.15) is 18.2 Å². The minimum absolute atomic E-state index is 0.0792. The summed E-state index contributed by atoms with van der Waals surface area (Å²) in [6.07, 6.45) is 3.67. The highest BCUT2D eigenvalue weighted by molar-refractivity contribution is 5.87. The summed E-state index contributed by atoms with van der Waals surface area (Å²) in [6.45, 7) is 6.25. The first-order valence-electron chi connectivity index (χ1n) is 13.2. The number of fused-ring (bicyclic) bond motifs is 3. The molecule has 2 bridgehead atoms. The topological polar surface area (TPSA) is 64.6 Å². The third kappa shape index (κ3) is 6.10. The van der Waals surface area contributed by atoms with Gasteiger partial charge in [-0.2, -0.15) is 0 Å². The molecule has 3 aliphatic heterocycles. The summed E-state index contributed by atoms with van der Waals surface area (Å²) >= 11 is 0. The molecule has 7 nitrogen and oxygen atoms in total. The molecule has 2 aromatic carbocycles. The molecule has 1 aromatic heterocycles. The molecular weight excluding hydrogens is 490 g/mol. The number of halogens is 2. The summed E-state index contributed by atoms with van der Waals surface area (Å²) in [6, 6.07) is 14.2. The summed E-state index contributed by atoms with van der Waals surface area (Å²) in [5.74, 6) is -0.586. The molecular formula is C29H33F2N4O3+. The number of hydrogen-bond donors (Lipinski definition) is 0. The number of anilines is 1. The zero-order valence-electron chi connectivity index (χ0n) is 21.6. The maximum Gasteiger partial charge on any atom is 0.415 e. The number of piperidine rings is 3.